The van der Waals surface area contributed by atoms with E-state index < -0.39 is 0 Å². The molecule has 0 fully saturated rings. The largest absolute Gasteiger partial charge is 0.493 e. The molecule has 0 atom stereocenters. The van der Waals surface area contributed by atoms with E-state index in [0.29, 0.717) is 0 Å². The van der Waals surface area contributed by atoms with Gasteiger partial charge < -0.3 is 4.74 Å². The molecule has 3 heteroatoms. The summed E-state index contributed by atoms with van der Waals surface area (Å²) in [5.74, 6) is 1.05. The minimum atomic E-state index is 0.830. The first-order valence-corrected chi connectivity index (χ1v) is 9.58. The molecule has 0 amide bonds. The van der Waals surface area contributed by atoms with Crippen LogP contribution in [-0.2, 0) is 5.33 Å². The lowest BCUT2D eigenvalue weighted by molar-refractivity contribution is 0.300. The highest BCUT2D eigenvalue weighted by molar-refractivity contribution is 9.10. The Morgan fingerprint density at radius 2 is 1.65 bits per heavy atom. The molecule has 1 aromatic rings. The third-order valence-corrected chi connectivity index (χ3v) is 4.52. The van der Waals surface area contributed by atoms with Crippen LogP contribution >= 0.6 is 31.9 Å². The van der Waals surface area contributed by atoms with Gasteiger partial charge in [0.05, 0.1) is 6.61 Å². The van der Waals surface area contributed by atoms with Gasteiger partial charge in [-0.3, -0.25) is 0 Å². The predicted molar refractivity (Wildman–Crippen MR) is 95.0 cm³/mol. The summed E-state index contributed by atoms with van der Waals surface area (Å²) >= 11 is 7.07. The van der Waals surface area contributed by atoms with Gasteiger partial charge in [-0.25, -0.2) is 0 Å². The SMILES string of the molecule is CCCCCCCCCOc1c(C)cc(Br)cc1CBr. The van der Waals surface area contributed by atoms with Gasteiger partial charge in [0.2, 0.25) is 0 Å². The van der Waals surface area contributed by atoms with E-state index in [0.717, 1.165) is 28.6 Å². The van der Waals surface area contributed by atoms with Crippen molar-refractivity contribution >= 4 is 31.9 Å². The second-order valence-corrected chi connectivity index (χ2v) is 6.79. The number of alkyl halides is 1. The summed E-state index contributed by atoms with van der Waals surface area (Å²) in [6.07, 6.45) is 9.24. The van der Waals surface area contributed by atoms with Crippen molar-refractivity contribution in [2.45, 2.75) is 64.1 Å². The molecular formula is C17H26Br2O. The summed E-state index contributed by atoms with van der Waals surface area (Å²) < 4.78 is 7.11. The van der Waals surface area contributed by atoms with Crippen molar-refractivity contribution in [3.05, 3.63) is 27.7 Å². The van der Waals surface area contributed by atoms with Gasteiger partial charge in [0.15, 0.2) is 0 Å². The summed E-state index contributed by atoms with van der Waals surface area (Å²) in [4.78, 5) is 0. The summed E-state index contributed by atoms with van der Waals surface area (Å²) in [5, 5.41) is 0.833. The lowest BCUT2D eigenvalue weighted by Gasteiger charge is -2.13. The monoisotopic (exact) mass is 404 g/mol. The van der Waals surface area contributed by atoms with Crippen LogP contribution in [0.25, 0.3) is 0 Å². The quantitative estimate of drug-likeness (QED) is 0.307. The van der Waals surface area contributed by atoms with Crippen molar-refractivity contribution in [3.8, 4) is 5.75 Å². The Kier molecular flexibility index (Phi) is 9.62. The first-order chi connectivity index (χ1) is 9.69. The van der Waals surface area contributed by atoms with E-state index in [4.69, 9.17) is 4.74 Å². The number of halogens is 2. The summed E-state index contributed by atoms with van der Waals surface area (Å²) in [6.45, 7) is 5.20. The lowest BCUT2D eigenvalue weighted by Crippen LogP contribution is -2.01. The van der Waals surface area contributed by atoms with Crippen LogP contribution in [0.3, 0.4) is 0 Å². The number of hydrogen-bond acceptors (Lipinski definition) is 1. The molecule has 1 aromatic carbocycles. The van der Waals surface area contributed by atoms with E-state index in [-0.39, 0.29) is 0 Å². The minimum Gasteiger partial charge on any atom is -0.493 e. The number of aryl methyl sites for hydroxylation is 1. The molecule has 0 aliphatic heterocycles. The zero-order valence-corrected chi connectivity index (χ0v) is 15.9. The Balaban J connectivity index is 2.28. The van der Waals surface area contributed by atoms with Crippen LogP contribution in [0, 0.1) is 6.92 Å². The lowest BCUT2D eigenvalue weighted by atomic mass is 10.1. The van der Waals surface area contributed by atoms with E-state index in [1.54, 1.807) is 0 Å². The number of ether oxygens (including phenoxy) is 1. The van der Waals surface area contributed by atoms with Crippen molar-refractivity contribution in [3.63, 3.8) is 0 Å². The van der Waals surface area contributed by atoms with Gasteiger partial charge in [0.25, 0.3) is 0 Å². The van der Waals surface area contributed by atoms with E-state index in [2.05, 4.69) is 57.8 Å². The second kappa shape index (κ2) is 10.7. The fourth-order valence-corrected chi connectivity index (χ4v) is 3.37. The Morgan fingerprint density at radius 1 is 1.00 bits per heavy atom. The van der Waals surface area contributed by atoms with Crippen molar-refractivity contribution < 1.29 is 4.74 Å². The number of benzene rings is 1. The molecule has 0 bridgehead atoms. The van der Waals surface area contributed by atoms with Crippen molar-refractivity contribution in [1.82, 2.24) is 0 Å². The highest BCUT2D eigenvalue weighted by atomic mass is 79.9. The van der Waals surface area contributed by atoms with Crippen molar-refractivity contribution in [2.75, 3.05) is 6.61 Å². The zero-order valence-electron chi connectivity index (χ0n) is 12.7. The van der Waals surface area contributed by atoms with Crippen LogP contribution in [0.5, 0.6) is 5.75 Å². The Bertz CT molecular complexity index is 391. The molecule has 0 N–H and O–H groups in total. The molecule has 0 heterocycles. The molecular weight excluding hydrogens is 380 g/mol. The molecule has 0 unspecified atom stereocenters. The first-order valence-electron chi connectivity index (χ1n) is 7.66. The normalized spacial score (nSPS) is 10.8. The topological polar surface area (TPSA) is 9.23 Å². The molecule has 114 valence electrons. The third kappa shape index (κ3) is 6.62. The second-order valence-electron chi connectivity index (χ2n) is 5.31. The maximum absolute atomic E-state index is 5.99. The van der Waals surface area contributed by atoms with E-state index in [9.17, 15) is 0 Å². The summed E-state index contributed by atoms with van der Waals surface area (Å²) in [6, 6.07) is 4.24. The molecule has 1 rings (SSSR count). The van der Waals surface area contributed by atoms with Crippen LogP contribution < -0.4 is 4.74 Å². The molecule has 1 nitrogen and oxygen atoms in total. The highest BCUT2D eigenvalue weighted by Crippen LogP contribution is 2.29. The molecule has 20 heavy (non-hydrogen) atoms. The fourth-order valence-electron chi connectivity index (χ4n) is 2.34. The van der Waals surface area contributed by atoms with Gasteiger partial charge >= 0.3 is 0 Å². The van der Waals surface area contributed by atoms with Crippen LogP contribution in [0.4, 0.5) is 0 Å². The first kappa shape index (κ1) is 18.0. The third-order valence-electron chi connectivity index (χ3n) is 3.45. The minimum absolute atomic E-state index is 0.830. The molecule has 0 saturated carbocycles. The molecule has 0 aromatic heterocycles. The number of rotatable bonds is 10. The van der Waals surface area contributed by atoms with E-state index in [1.807, 2.05) is 0 Å². The van der Waals surface area contributed by atoms with Gasteiger partial charge in [0, 0.05) is 15.4 Å². The maximum atomic E-state index is 5.99. The zero-order chi connectivity index (χ0) is 14.8. The van der Waals surface area contributed by atoms with Gasteiger partial charge in [-0.05, 0) is 31.0 Å². The maximum Gasteiger partial charge on any atom is 0.126 e. The van der Waals surface area contributed by atoms with Crippen LogP contribution in [0.15, 0.2) is 16.6 Å². The molecule has 0 aliphatic carbocycles. The Labute approximate surface area is 140 Å². The molecule has 0 radical (unpaired) electrons. The van der Waals surface area contributed by atoms with E-state index >= 15 is 0 Å². The van der Waals surface area contributed by atoms with Crippen LogP contribution in [0.1, 0.15) is 63.0 Å². The number of hydrogen-bond donors (Lipinski definition) is 0. The smallest absolute Gasteiger partial charge is 0.126 e. The number of unbranched alkanes of at least 4 members (excludes halogenated alkanes) is 6. The van der Waals surface area contributed by atoms with Crippen LogP contribution in [0.2, 0.25) is 0 Å². The molecule has 0 saturated heterocycles. The van der Waals surface area contributed by atoms with Crippen molar-refractivity contribution in [2.24, 2.45) is 0 Å². The predicted octanol–water partition coefficient (Wildman–Crippen LogP) is 6.78. The van der Waals surface area contributed by atoms with Crippen LogP contribution in [-0.4, -0.2) is 6.61 Å². The van der Waals surface area contributed by atoms with E-state index in [1.165, 1.54) is 49.7 Å². The summed E-state index contributed by atoms with van der Waals surface area (Å²) in [7, 11) is 0. The molecule has 0 aliphatic rings. The Morgan fingerprint density at radius 3 is 2.30 bits per heavy atom. The average Bonchev–Trinajstić information content (AvgIpc) is 2.43. The van der Waals surface area contributed by atoms with Gasteiger partial charge in [-0.1, -0.05) is 77.3 Å². The Hall–Kier alpha value is -0.0200. The van der Waals surface area contributed by atoms with Gasteiger partial charge in [0.1, 0.15) is 5.75 Å². The molecule has 0 spiro atoms. The summed E-state index contributed by atoms with van der Waals surface area (Å²) in [5.41, 5.74) is 2.43. The van der Waals surface area contributed by atoms with Gasteiger partial charge in [-0.2, -0.15) is 0 Å². The van der Waals surface area contributed by atoms with Crippen molar-refractivity contribution in [1.29, 1.82) is 0 Å². The standard InChI is InChI=1S/C17H26Br2O/c1-3-4-5-6-7-8-9-10-20-17-14(2)11-16(19)12-15(17)13-18/h11-12H,3-10,13H2,1-2H3. The fraction of sp³-hybridized carbons (Fsp3) is 0.647. The average molecular weight is 406 g/mol. The van der Waals surface area contributed by atoms with Gasteiger partial charge in [-0.15, -0.1) is 0 Å². The highest BCUT2D eigenvalue weighted by Gasteiger charge is 2.08.